The van der Waals surface area contributed by atoms with Crippen LogP contribution in [0.3, 0.4) is 0 Å². The molecule has 0 aliphatic rings. The van der Waals surface area contributed by atoms with Crippen LogP contribution in [0.15, 0.2) is 24.3 Å². The van der Waals surface area contributed by atoms with Crippen molar-refractivity contribution in [3.05, 3.63) is 24.3 Å². The molecule has 0 amide bonds. The van der Waals surface area contributed by atoms with E-state index in [0.29, 0.717) is 0 Å². The van der Waals surface area contributed by atoms with Crippen molar-refractivity contribution in [2.75, 3.05) is 26.4 Å². The first kappa shape index (κ1) is 28.2. The van der Waals surface area contributed by atoms with Gasteiger partial charge in [0.25, 0.3) is 0 Å². The monoisotopic (exact) mass is 374 g/mol. The third-order valence-electron chi connectivity index (χ3n) is 2.53. The number of ether oxygens (including phenoxy) is 1. The summed E-state index contributed by atoms with van der Waals surface area (Å²) >= 11 is 0. The molecular formula is C14H23KO9. The molecule has 0 aliphatic heterocycles. The van der Waals surface area contributed by atoms with Gasteiger partial charge in [0.05, 0.1) is 31.7 Å². The Kier molecular flexibility index (Phi) is 17.3. The molecule has 0 aromatic heterocycles. The molecule has 0 rings (SSSR count). The Morgan fingerprint density at radius 1 is 1.00 bits per heavy atom. The van der Waals surface area contributed by atoms with Gasteiger partial charge in [-0.2, -0.15) is 0 Å². The van der Waals surface area contributed by atoms with Gasteiger partial charge < -0.3 is 30.3 Å². The minimum atomic E-state index is -1.27. The average molecular weight is 374 g/mol. The maximum absolute atomic E-state index is 11.0. The number of aliphatic hydroxyl groups excluding tert-OH is 3. The Balaban J connectivity index is -0.000000385. The Morgan fingerprint density at radius 3 is 1.62 bits per heavy atom. The fourth-order valence-corrected chi connectivity index (χ4v) is 0.887. The van der Waals surface area contributed by atoms with Crippen LogP contribution in [0, 0.1) is 5.41 Å². The third-order valence-corrected chi connectivity index (χ3v) is 2.53. The van der Waals surface area contributed by atoms with Gasteiger partial charge in [-0.15, -0.1) is 0 Å². The van der Waals surface area contributed by atoms with Crippen molar-refractivity contribution in [2.24, 2.45) is 5.41 Å². The summed E-state index contributed by atoms with van der Waals surface area (Å²) < 4.78 is 4.72. The first-order valence-corrected chi connectivity index (χ1v) is 6.33. The van der Waals surface area contributed by atoms with E-state index < -0.39 is 49.6 Å². The number of aliphatic hydroxyl groups is 3. The summed E-state index contributed by atoms with van der Waals surface area (Å²) in [4.78, 5) is 30.6. The van der Waals surface area contributed by atoms with Gasteiger partial charge in [-0.3, -0.25) is 4.79 Å². The van der Waals surface area contributed by atoms with Gasteiger partial charge in [0.1, 0.15) is 6.61 Å². The Morgan fingerprint density at radius 2 is 1.42 bits per heavy atom. The molecule has 0 saturated heterocycles. The second-order valence-corrected chi connectivity index (χ2v) is 4.81. The summed E-state index contributed by atoms with van der Waals surface area (Å²) in [5, 5.41) is 42.8. The van der Waals surface area contributed by atoms with E-state index in [1.807, 2.05) is 0 Å². The van der Waals surface area contributed by atoms with Crippen molar-refractivity contribution in [3.8, 4) is 0 Å². The SMILES string of the molecule is C=C(C)C(=O)OCC(CO)(CO)CO.C=C(CC(=O)O)C(=O)O.[KH]. The van der Waals surface area contributed by atoms with Crippen molar-refractivity contribution in [3.63, 3.8) is 0 Å². The minimum absolute atomic E-state index is 0. The Bertz CT molecular complexity index is 447. The van der Waals surface area contributed by atoms with Gasteiger partial charge in [0.15, 0.2) is 0 Å². The van der Waals surface area contributed by atoms with Crippen molar-refractivity contribution in [1.82, 2.24) is 0 Å². The molecule has 0 spiro atoms. The van der Waals surface area contributed by atoms with Crippen LogP contribution in [0.5, 0.6) is 0 Å². The van der Waals surface area contributed by atoms with E-state index >= 15 is 0 Å². The predicted molar refractivity (Wildman–Crippen MR) is 85.6 cm³/mol. The standard InChI is InChI=1S/C9H16O5.C5H6O4.K.H/c1-7(2)8(13)14-6-9(3-10,4-11)5-12;1-3(5(8)9)2-4(6)7;;/h10-12H,1,3-6H2,2H3;1-2H2,(H,6,7)(H,8,9);;. The summed E-state index contributed by atoms with van der Waals surface area (Å²) in [5.41, 5.74) is -1.25. The molecule has 5 N–H and O–H groups in total. The number of carbonyl (C=O) groups is 3. The topological polar surface area (TPSA) is 162 Å². The fourth-order valence-electron chi connectivity index (χ4n) is 0.887. The van der Waals surface area contributed by atoms with Gasteiger partial charge in [-0.1, -0.05) is 13.2 Å². The van der Waals surface area contributed by atoms with Crippen molar-refractivity contribution < 1.29 is 44.7 Å². The summed E-state index contributed by atoms with van der Waals surface area (Å²) in [7, 11) is 0. The average Bonchev–Trinajstić information content (AvgIpc) is 2.48. The van der Waals surface area contributed by atoms with Gasteiger partial charge in [0, 0.05) is 11.1 Å². The molecule has 134 valence electrons. The second-order valence-electron chi connectivity index (χ2n) is 4.81. The maximum atomic E-state index is 11.0. The van der Waals surface area contributed by atoms with Crippen LogP contribution in [0.1, 0.15) is 13.3 Å². The van der Waals surface area contributed by atoms with Crippen LogP contribution in [0.2, 0.25) is 0 Å². The molecule has 0 aromatic carbocycles. The number of rotatable bonds is 9. The van der Waals surface area contributed by atoms with Gasteiger partial charge in [-0.25, -0.2) is 9.59 Å². The first-order valence-electron chi connectivity index (χ1n) is 6.33. The van der Waals surface area contributed by atoms with Gasteiger partial charge >= 0.3 is 69.3 Å². The van der Waals surface area contributed by atoms with E-state index in [-0.39, 0.29) is 69.1 Å². The van der Waals surface area contributed by atoms with Crippen molar-refractivity contribution in [2.45, 2.75) is 13.3 Å². The first-order chi connectivity index (χ1) is 10.5. The molecule has 0 aliphatic carbocycles. The zero-order chi connectivity index (χ0) is 18.6. The molecule has 0 heterocycles. The molecule has 0 saturated carbocycles. The molecule has 0 radical (unpaired) electrons. The molecule has 0 atom stereocenters. The summed E-state index contributed by atoms with van der Waals surface area (Å²) in [6.45, 7) is 6.27. The number of carboxylic acid groups (broad SMARTS) is 2. The van der Waals surface area contributed by atoms with Crippen LogP contribution < -0.4 is 0 Å². The molecule has 9 nitrogen and oxygen atoms in total. The molecule has 0 unspecified atom stereocenters. The van der Waals surface area contributed by atoms with E-state index in [1.165, 1.54) is 6.92 Å². The number of aliphatic carboxylic acids is 2. The molecule has 10 heteroatoms. The van der Waals surface area contributed by atoms with Gasteiger partial charge in [-0.05, 0) is 6.92 Å². The normalized spacial score (nSPS) is 9.67. The number of carboxylic acids is 2. The Hall–Kier alpha value is -0.594. The summed E-state index contributed by atoms with van der Waals surface area (Å²) in [6.07, 6.45) is -0.505. The van der Waals surface area contributed by atoms with Crippen LogP contribution in [-0.2, 0) is 19.1 Å². The fraction of sp³-hybridized carbons (Fsp3) is 0.500. The van der Waals surface area contributed by atoms with Crippen molar-refractivity contribution >= 4 is 69.3 Å². The van der Waals surface area contributed by atoms with Crippen LogP contribution in [0.4, 0.5) is 0 Å². The molecule has 0 fully saturated rings. The van der Waals surface area contributed by atoms with E-state index in [0.717, 1.165) is 0 Å². The van der Waals surface area contributed by atoms with Gasteiger partial charge in [0.2, 0.25) is 0 Å². The molecule has 0 bridgehead atoms. The van der Waals surface area contributed by atoms with Crippen LogP contribution >= 0.6 is 0 Å². The number of hydrogen-bond acceptors (Lipinski definition) is 7. The number of carbonyl (C=O) groups excluding carboxylic acids is 1. The zero-order valence-electron chi connectivity index (χ0n) is 12.8. The Labute approximate surface area is 182 Å². The summed E-state index contributed by atoms with van der Waals surface area (Å²) in [6, 6.07) is 0. The quantitative estimate of drug-likeness (QED) is 0.184. The third kappa shape index (κ3) is 12.8. The van der Waals surface area contributed by atoms with E-state index in [2.05, 4.69) is 13.2 Å². The zero-order valence-corrected chi connectivity index (χ0v) is 12.8. The number of hydrogen-bond donors (Lipinski definition) is 5. The van der Waals surface area contributed by atoms with E-state index in [9.17, 15) is 14.4 Å². The number of esters is 1. The van der Waals surface area contributed by atoms with Crippen molar-refractivity contribution in [1.29, 1.82) is 0 Å². The molecule has 0 aromatic rings. The van der Waals surface area contributed by atoms with Crippen LogP contribution in [-0.4, -0.2) is 121 Å². The van der Waals surface area contributed by atoms with E-state index in [4.69, 9.17) is 30.3 Å². The molecule has 24 heavy (non-hydrogen) atoms. The summed E-state index contributed by atoms with van der Waals surface area (Å²) in [5.74, 6) is -3.05. The second kappa shape index (κ2) is 14.7. The van der Waals surface area contributed by atoms with Crippen LogP contribution in [0.25, 0.3) is 0 Å². The molecular weight excluding hydrogens is 351 g/mol. The predicted octanol–water partition coefficient (Wildman–Crippen LogP) is -1.48. The van der Waals surface area contributed by atoms with E-state index in [1.54, 1.807) is 0 Å².